The van der Waals surface area contributed by atoms with E-state index in [4.69, 9.17) is 9.47 Å². The maximum atomic E-state index is 14.1. The topological polar surface area (TPSA) is 96.4 Å². The van der Waals surface area contributed by atoms with Crippen LogP contribution in [0.3, 0.4) is 0 Å². The van der Waals surface area contributed by atoms with Gasteiger partial charge >= 0.3 is 0 Å². The van der Waals surface area contributed by atoms with Crippen LogP contribution in [0.2, 0.25) is 0 Å². The lowest BCUT2D eigenvalue weighted by Crippen LogP contribution is -2.52. The number of nitrogens with zero attached hydrogens (tertiary/aromatic N) is 2. The Hall–Kier alpha value is -3.91. The Morgan fingerprint density at radius 3 is 2.44 bits per heavy atom. The molecule has 2 aromatic carbocycles. The van der Waals surface area contributed by atoms with Gasteiger partial charge in [-0.3, -0.25) is 14.4 Å². The van der Waals surface area contributed by atoms with Crippen LogP contribution in [0.25, 0.3) is 5.76 Å². The number of anilines is 1. The number of aliphatic hydroxyl groups is 1. The number of ketones is 1. The third-order valence-corrected chi connectivity index (χ3v) is 6.21. The molecular formula is C26H26N2O6. The van der Waals surface area contributed by atoms with Gasteiger partial charge in [0.2, 0.25) is 0 Å². The summed E-state index contributed by atoms with van der Waals surface area (Å²) in [7, 11) is 3.05. The third kappa shape index (κ3) is 3.30. The van der Waals surface area contributed by atoms with Gasteiger partial charge < -0.3 is 24.4 Å². The molecule has 2 aliphatic rings. The number of ether oxygens (including phenoxy) is 2. The number of likely N-dealkylation sites (tertiary alicyclic amines) is 1. The molecule has 2 heterocycles. The molecule has 0 aromatic heterocycles. The molecule has 8 heteroatoms. The molecule has 2 aromatic rings. The minimum Gasteiger partial charge on any atom is -0.507 e. The van der Waals surface area contributed by atoms with Gasteiger partial charge in [0.15, 0.2) is 5.54 Å². The van der Waals surface area contributed by atoms with Crippen LogP contribution >= 0.6 is 0 Å². The fourth-order valence-corrected chi connectivity index (χ4v) is 4.74. The number of aliphatic hydroxyl groups excluding tert-OH is 1. The summed E-state index contributed by atoms with van der Waals surface area (Å²) in [6, 6.07) is 13.4. The SMILES string of the molecule is C=CCN1C(=O)C2(/C(=C(\O)c3ccc(OC)cc3)C(=O)C(=O)N2CCCOC)c2ccccc21. The Morgan fingerprint density at radius 2 is 1.79 bits per heavy atom. The molecule has 0 aliphatic carbocycles. The van der Waals surface area contributed by atoms with Crippen molar-refractivity contribution in [3.05, 3.63) is 77.9 Å². The minimum atomic E-state index is -1.79. The number of hydrogen-bond donors (Lipinski definition) is 1. The molecule has 2 amide bonds. The van der Waals surface area contributed by atoms with Crippen molar-refractivity contribution in [2.45, 2.75) is 12.0 Å². The van der Waals surface area contributed by atoms with Crippen molar-refractivity contribution in [3.63, 3.8) is 0 Å². The molecule has 2 aliphatic heterocycles. The number of Topliss-reactive ketones (excluding diaryl/α,β-unsaturated/α-hetero) is 1. The monoisotopic (exact) mass is 462 g/mol. The van der Waals surface area contributed by atoms with Gasteiger partial charge in [-0.2, -0.15) is 0 Å². The normalized spacial score (nSPS) is 20.8. The van der Waals surface area contributed by atoms with Gasteiger partial charge in [0.1, 0.15) is 11.5 Å². The summed E-state index contributed by atoms with van der Waals surface area (Å²) in [5, 5.41) is 11.4. The molecule has 0 saturated carbocycles. The van der Waals surface area contributed by atoms with Crippen LogP contribution in [0.5, 0.6) is 5.75 Å². The molecule has 0 radical (unpaired) electrons. The summed E-state index contributed by atoms with van der Waals surface area (Å²) < 4.78 is 10.3. The first-order valence-corrected chi connectivity index (χ1v) is 10.9. The Labute approximate surface area is 197 Å². The first-order valence-electron chi connectivity index (χ1n) is 10.9. The highest BCUT2D eigenvalue weighted by atomic mass is 16.5. The van der Waals surface area contributed by atoms with E-state index in [1.54, 1.807) is 54.6 Å². The molecule has 1 unspecified atom stereocenters. The molecular weight excluding hydrogens is 436 g/mol. The van der Waals surface area contributed by atoms with E-state index in [1.165, 1.54) is 24.0 Å². The van der Waals surface area contributed by atoms with E-state index < -0.39 is 28.9 Å². The van der Waals surface area contributed by atoms with Crippen molar-refractivity contribution in [2.24, 2.45) is 0 Å². The van der Waals surface area contributed by atoms with E-state index in [-0.39, 0.29) is 18.7 Å². The molecule has 1 saturated heterocycles. The molecule has 1 atom stereocenters. The lowest BCUT2D eigenvalue weighted by atomic mass is 9.82. The Bertz CT molecular complexity index is 1190. The largest absolute Gasteiger partial charge is 0.507 e. The number of carbonyl (C=O) groups is 3. The van der Waals surface area contributed by atoms with Gasteiger partial charge in [-0.05, 0) is 36.8 Å². The van der Waals surface area contributed by atoms with E-state index >= 15 is 0 Å². The Balaban J connectivity index is 2.00. The number of carbonyl (C=O) groups excluding carboxylic acids is 3. The number of fused-ring (bicyclic) bond motifs is 2. The molecule has 176 valence electrons. The van der Waals surface area contributed by atoms with Crippen molar-refractivity contribution in [1.29, 1.82) is 0 Å². The van der Waals surface area contributed by atoms with Gasteiger partial charge in [0, 0.05) is 37.9 Å². The second kappa shape index (κ2) is 9.15. The van der Waals surface area contributed by atoms with Crippen molar-refractivity contribution < 1.29 is 29.0 Å². The highest BCUT2D eigenvalue weighted by Gasteiger charge is 2.66. The molecule has 1 N–H and O–H groups in total. The second-order valence-electron chi connectivity index (χ2n) is 8.02. The van der Waals surface area contributed by atoms with E-state index in [1.807, 2.05) is 0 Å². The number of benzene rings is 2. The molecule has 4 rings (SSSR count). The summed E-state index contributed by atoms with van der Waals surface area (Å²) in [5.74, 6) is -2.09. The Kier molecular flexibility index (Phi) is 6.26. The van der Waals surface area contributed by atoms with Gasteiger partial charge in [-0.25, -0.2) is 0 Å². The standard InChI is InChI=1S/C26H26N2O6/c1-4-14-27-20-9-6-5-8-19(20)26(25(27)32)21(22(29)17-10-12-18(34-3)13-11-17)23(30)24(31)28(26)15-7-16-33-2/h4-6,8-13,29H,1,7,14-16H2,2-3H3/b22-21-. The second-order valence-corrected chi connectivity index (χ2v) is 8.02. The minimum absolute atomic E-state index is 0.0970. The zero-order valence-corrected chi connectivity index (χ0v) is 19.1. The van der Waals surface area contributed by atoms with Crippen molar-refractivity contribution >= 4 is 29.0 Å². The Morgan fingerprint density at radius 1 is 1.09 bits per heavy atom. The lowest BCUT2D eigenvalue weighted by molar-refractivity contribution is -0.143. The van der Waals surface area contributed by atoms with Crippen LogP contribution in [-0.4, -0.2) is 61.5 Å². The molecule has 0 bridgehead atoms. The zero-order valence-electron chi connectivity index (χ0n) is 19.1. The van der Waals surface area contributed by atoms with E-state index in [2.05, 4.69) is 6.58 Å². The summed E-state index contributed by atoms with van der Waals surface area (Å²) in [5.41, 5.74) is -0.710. The smallest absolute Gasteiger partial charge is 0.296 e. The molecule has 1 spiro atoms. The molecule has 34 heavy (non-hydrogen) atoms. The quantitative estimate of drug-likeness (QED) is 0.213. The van der Waals surface area contributed by atoms with Crippen LogP contribution in [0, 0.1) is 0 Å². The van der Waals surface area contributed by atoms with Crippen LogP contribution in [-0.2, 0) is 24.7 Å². The van der Waals surface area contributed by atoms with Crippen LogP contribution < -0.4 is 9.64 Å². The number of hydrogen-bond acceptors (Lipinski definition) is 6. The molecule has 1 fully saturated rings. The van der Waals surface area contributed by atoms with Crippen LogP contribution in [0.15, 0.2) is 66.8 Å². The zero-order chi connectivity index (χ0) is 24.5. The fraction of sp³-hybridized carbons (Fsp3) is 0.269. The maximum absolute atomic E-state index is 14.1. The van der Waals surface area contributed by atoms with Gasteiger partial charge in [-0.15, -0.1) is 6.58 Å². The van der Waals surface area contributed by atoms with E-state index in [0.717, 1.165) is 0 Å². The third-order valence-electron chi connectivity index (χ3n) is 6.21. The predicted octanol–water partition coefficient (Wildman–Crippen LogP) is 2.84. The van der Waals surface area contributed by atoms with Crippen LogP contribution in [0.1, 0.15) is 17.5 Å². The van der Waals surface area contributed by atoms with Crippen molar-refractivity contribution in [1.82, 2.24) is 4.90 Å². The number of para-hydroxylation sites is 1. The fourth-order valence-electron chi connectivity index (χ4n) is 4.74. The van der Waals surface area contributed by atoms with Gasteiger partial charge in [-0.1, -0.05) is 24.3 Å². The highest BCUT2D eigenvalue weighted by molar-refractivity contribution is 6.50. The van der Waals surface area contributed by atoms with Crippen molar-refractivity contribution in [3.8, 4) is 5.75 Å². The van der Waals surface area contributed by atoms with Gasteiger partial charge in [0.05, 0.1) is 18.4 Å². The summed E-state index contributed by atoms with van der Waals surface area (Å²) in [6.45, 7) is 4.36. The summed E-state index contributed by atoms with van der Waals surface area (Å²) in [4.78, 5) is 43.6. The first kappa shape index (κ1) is 23.3. The predicted molar refractivity (Wildman–Crippen MR) is 126 cm³/mol. The number of amides is 2. The van der Waals surface area contributed by atoms with E-state index in [0.29, 0.717) is 35.6 Å². The average molecular weight is 463 g/mol. The first-order chi connectivity index (χ1) is 16.4. The van der Waals surface area contributed by atoms with Gasteiger partial charge in [0.25, 0.3) is 17.6 Å². The summed E-state index contributed by atoms with van der Waals surface area (Å²) in [6.07, 6.45) is 1.99. The number of rotatable bonds is 8. The van der Waals surface area contributed by atoms with E-state index in [9.17, 15) is 19.5 Å². The van der Waals surface area contributed by atoms with Crippen LogP contribution in [0.4, 0.5) is 5.69 Å². The highest BCUT2D eigenvalue weighted by Crippen LogP contribution is 2.53. The lowest BCUT2D eigenvalue weighted by Gasteiger charge is -2.34. The average Bonchev–Trinajstić information content (AvgIpc) is 3.23. The summed E-state index contributed by atoms with van der Waals surface area (Å²) >= 11 is 0. The number of methoxy groups -OCH3 is 2. The maximum Gasteiger partial charge on any atom is 0.296 e. The van der Waals surface area contributed by atoms with Crippen molar-refractivity contribution in [2.75, 3.05) is 38.8 Å². The molecule has 8 nitrogen and oxygen atoms in total.